The van der Waals surface area contributed by atoms with E-state index < -0.39 is 0 Å². The molecule has 1 heterocycles. The van der Waals surface area contributed by atoms with Gasteiger partial charge in [0.1, 0.15) is 6.10 Å². The molecule has 8 heavy (non-hydrogen) atoms. The summed E-state index contributed by atoms with van der Waals surface area (Å²) in [6, 6.07) is 0. The van der Waals surface area contributed by atoms with Crippen molar-refractivity contribution >= 4 is 0 Å². The second-order valence-corrected chi connectivity index (χ2v) is 2.64. The molecule has 1 aliphatic carbocycles. The molecule has 0 aromatic carbocycles. The molecule has 2 heteroatoms. The molecule has 0 aromatic rings. The van der Waals surface area contributed by atoms with Gasteiger partial charge in [-0.2, -0.15) is 0 Å². The van der Waals surface area contributed by atoms with E-state index in [4.69, 9.17) is 9.84 Å². The Labute approximate surface area is 48.5 Å². The van der Waals surface area contributed by atoms with Crippen LogP contribution in [0.1, 0.15) is 19.3 Å². The van der Waals surface area contributed by atoms with Gasteiger partial charge in [-0.05, 0) is 19.3 Å². The number of epoxide rings is 1. The van der Waals surface area contributed by atoms with Crippen molar-refractivity contribution in [3.05, 3.63) is 0 Å². The fourth-order valence-corrected chi connectivity index (χ4v) is 1.42. The van der Waals surface area contributed by atoms with E-state index in [0.29, 0.717) is 6.10 Å². The first-order valence-electron chi connectivity index (χ1n) is 3.21. The summed E-state index contributed by atoms with van der Waals surface area (Å²) in [4.78, 5) is 0. The lowest BCUT2D eigenvalue weighted by molar-refractivity contribution is 0.124. The highest BCUT2D eigenvalue weighted by Gasteiger charge is 2.46. The van der Waals surface area contributed by atoms with Crippen LogP contribution < -0.4 is 0 Å². The van der Waals surface area contributed by atoms with E-state index in [-0.39, 0.29) is 12.2 Å². The van der Waals surface area contributed by atoms with E-state index in [1.54, 1.807) is 0 Å². The molecule has 0 amide bonds. The minimum atomic E-state index is -0.145. The molecule has 46 valence electrons. The third-order valence-electron chi connectivity index (χ3n) is 1.99. The first-order valence-corrected chi connectivity index (χ1v) is 3.21. The zero-order valence-corrected chi connectivity index (χ0v) is 4.71. The lowest BCUT2D eigenvalue weighted by Gasteiger charge is -2.10. The lowest BCUT2D eigenvalue weighted by Crippen LogP contribution is -2.20. The molecule has 1 N–H and O–H groups in total. The number of hydrogen-bond donors (Lipinski definition) is 1. The smallest absolute Gasteiger partial charge is 0.110 e. The van der Waals surface area contributed by atoms with Crippen LogP contribution in [-0.4, -0.2) is 23.4 Å². The highest BCUT2D eigenvalue weighted by molar-refractivity contribution is 4.94. The Morgan fingerprint density at radius 1 is 1.38 bits per heavy atom. The molecule has 1 aliphatic heterocycles. The Bertz CT molecular complexity index is 103. The van der Waals surface area contributed by atoms with Crippen LogP contribution in [0.4, 0.5) is 0 Å². The molecule has 1 saturated heterocycles. The SMILES string of the molecule is OC1CCC[C@H]2O[C@@H]12. The minimum absolute atomic E-state index is 0.145. The van der Waals surface area contributed by atoms with Gasteiger partial charge in [-0.15, -0.1) is 0 Å². The van der Waals surface area contributed by atoms with Crippen molar-refractivity contribution in [2.24, 2.45) is 0 Å². The van der Waals surface area contributed by atoms with Crippen LogP contribution in [0.25, 0.3) is 0 Å². The summed E-state index contributed by atoms with van der Waals surface area (Å²) < 4.78 is 5.14. The molecule has 1 saturated carbocycles. The minimum Gasteiger partial charge on any atom is -0.390 e. The van der Waals surface area contributed by atoms with Crippen LogP contribution in [0.2, 0.25) is 0 Å². The predicted octanol–water partition coefficient (Wildman–Crippen LogP) is 0.299. The molecule has 1 unspecified atom stereocenters. The van der Waals surface area contributed by atoms with Gasteiger partial charge in [-0.3, -0.25) is 0 Å². The molecule has 0 aromatic heterocycles. The predicted molar refractivity (Wildman–Crippen MR) is 28.5 cm³/mol. The maximum atomic E-state index is 9.09. The zero-order chi connectivity index (χ0) is 5.56. The summed E-state index contributed by atoms with van der Waals surface area (Å²) in [7, 11) is 0. The number of fused-ring (bicyclic) bond motifs is 1. The summed E-state index contributed by atoms with van der Waals surface area (Å²) in [5, 5.41) is 9.09. The van der Waals surface area contributed by atoms with Gasteiger partial charge in [-0.25, -0.2) is 0 Å². The number of hydrogen-bond acceptors (Lipinski definition) is 2. The molecular formula is C6H10O2. The molecule has 2 rings (SSSR count). The molecular weight excluding hydrogens is 104 g/mol. The first kappa shape index (κ1) is 4.77. The number of aliphatic hydroxyl groups excluding tert-OH is 1. The second kappa shape index (κ2) is 1.45. The number of rotatable bonds is 0. The van der Waals surface area contributed by atoms with Crippen molar-refractivity contribution in [1.29, 1.82) is 0 Å². The summed E-state index contributed by atoms with van der Waals surface area (Å²) in [6.07, 6.45) is 3.77. The zero-order valence-electron chi connectivity index (χ0n) is 4.71. The highest BCUT2D eigenvalue weighted by atomic mass is 16.6. The molecule has 3 atom stereocenters. The monoisotopic (exact) mass is 114 g/mol. The normalized spacial score (nSPS) is 52.9. The summed E-state index contributed by atoms with van der Waals surface area (Å²) in [5.74, 6) is 0. The van der Waals surface area contributed by atoms with Crippen LogP contribution in [0.15, 0.2) is 0 Å². The van der Waals surface area contributed by atoms with Crippen molar-refractivity contribution in [1.82, 2.24) is 0 Å². The Morgan fingerprint density at radius 2 is 2.25 bits per heavy atom. The third-order valence-corrected chi connectivity index (χ3v) is 1.99. The van der Waals surface area contributed by atoms with E-state index in [1.807, 2.05) is 0 Å². The van der Waals surface area contributed by atoms with Crippen LogP contribution >= 0.6 is 0 Å². The van der Waals surface area contributed by atoms with E-state index >= 15 is 0 Å². The summed E-state index contributed by atoms with van der Waals surface area (Å²) >= 11 is 0. The van der Waals surface area contributed by atoms with Crippen molar-refractivity contribution in [3.8, 4) is 0 Å². The third kappa shape index (κ3) is 0.565. The van der Waals surface area contributed by atoms with Crippen LogP contribution in [-0.2, 0) is 4.74 Å². The second-order valence-electron chi connectivity index (χ2n) is 2.64. The fourth-order valence-electron chi connectivity index (χ4n) is 1.42. The Kier molecular flexibility index (Phi) is 0.866. The topological polar surface area (TPSA) is 32.8 Å². The summed E-state index contributed by atoms with van der Waals surface area (Å²) in [6.45, 7) is 0. The van der Waals surface area contributed by atoms with Crippen molar-refractivity contribution < 1.29 is 9.84 Å². The van der Waals surface area contributed by atoms with Gasteiger partial charge in [-0.1, -0.05) is 0 Å². The number of ether oxygens (including phenoxy) is 1. The quantitative estimate of drug-likeness (QED) is 0.459. The van der Waals surface area contributed by atoms with Crippen LogP contribution in [0.3, 0.4) is 0 Å². The van der Waals surface area contributed by atoms with Crippen molar-refractivity contribution in [2.75, 3.05) is 0 Å². The largest absolute Gasteiger partial charge is 0.390 e. The van der Waals surface area contributed by atoms with E-state index in [2.05, 4.69) is 0 Å². The highest BCUT2D eigenvalue weighted by Crippen LogP contribution is 2.36. The molecule has 2 fully saturated rings. The molecule has 0 bridgehead atoms. The Morgan fingerprint density at radius 3 is 2.88 bits per heavy atom. The molecule has 0 radical (unpaired) electrons. The maximum absolute atomic E-state index is 9.09. The fraction of sp³-hybridized carbons (Fsp3) is 1.00. The van der Waals surface area contributed by atoms with Gasteiger partial charge in [0.25, 0.3) is 0 Å². The van der Waals surface area contributed by atoms with Crippen LogP contribution in [0, 0.1) is 0 Å². The van der Waals surface area contributed by atoms with E-state index in [9.17, 15) is 0 Å². The molecule has 2 aliphatic rings. The van der Waals surface area contributed by atoms with Gasteiger partial charge in [0.05, 0.1) is 12.2 Å². The van der Waals surface area contributed by atoms with Crippen LogP contribution in [0.5, 0.6) is 0 Å². The van der Waals surface area contributed by atoms with Gasteiger partial charge >= 0.3 is 0 Å². The van der Waals surface area contributed by atoms with Gasteiger partial charge in [0.15, 0.2) is 0 Å². The standard InChI is InChI=1S/C6H10O2/c7-4-2-1-3-5-6(4)8-5/h4-7H,1-3H2/t4?,5-,6+/m1/s1. The first-order chi connectivity index (χ1) is 3.88. The van der Waals surface area contributed by atoms with E-state index in [1.165, 1.54) is 6.42 Å². The summed E-state index contributed by atoms with van der Waals surface area (Å²) in [5.41, 5.74) is 0. The number of aliphatic hydroxyl groups is 1. The molecule has 0 spiro atoms. The average Bonchev–Trinajstić information content (AvgIpc) is 2.45. The van der Waals surface area contributed by atoms with Gasteiger partial charge in [0.2, 0.25) is 0 Å². The van der Waals surface area contributed by atoms with Gasteiger partial charge in [0, 0.05) is 0 Å². The van der Waals surface area contributed by atoms with Gasteiger partial charge < -0.3 is 9.84 Å². The Balaban J connectivity index is 1.99. The van der Waals surface area contributed by atoms with E-state index in [0.717, 1.165) is 12.8 Å². The average molecular weight is 114 g/mol. The lowest BCUT2D eigenvalue weighted by atomic mass is 9.98. The molecule has 2 nitrogen and oxygen atoms in total. The maximum Gasteiger partial charge on any atom is 0.110 e. The Hall–Kier alpha value is -0.0800. The van der Waals surface area contributed by atoms with Crippen molar-refractivity contribution in [3.63, 3.8) is 0 Å². The van der Waals surface area contributed by atoms with Crippen molar-refractivity contribution in [2.45, 2.75) is 37.6 Å².